The summed E-state index contributed by atoms with van der Waals surface area (Å²) in [5, 5.41) is 21.8. The van der Waals surface area contributed by atoms with Crippen LogP contribution in [0.4, 0.5) is 0 Å². The van der Waals surface area contributed by atoms with Crippen LogP contribution in [0, 0.1) is 0 Å². The Labute approximate surface area is 132 Å². The van der Waals surface area contributed by atoms with E-state index in [0.717, 1.165) is 0 Å². The van der Waals surface area contributed by atoms with E-state index in [0.29, 0.717) is 12.2 Å². The molecule has 0 saturated heterocycles. The van der Waals surface area contributed by atoms with Crippen molar-refractivity contribution in [2.45, 2.75) is 37.9 Å². The summed E-state index contributed by atoms with van der Waals surface area (Å²) < 4.78 is 0. The van der Waals surface area contributed by atoms with Crippen molar-refractivity contribution < 1.29 is 29.4 Å². The molecule has 0 bridgehead atoms. The maximum Gasteiger partial charge on any atom is 0.326 e. The van der Waals surface area contributed by atoms with Gasteiger partial charge in [-0.3, -0.25) is 14.4 Å². The topological polar surface area (TPSA) is 159 Å². The van der Waals surface area contributed by atoms with Gasteiger partial charge in [0, 0.05) is 0 Å². The molecule has 126 valence electrons. The molecule has 0 aliphatic heterocycles. The van der Waals surface area contributed by atoms with Crippen LogP contribution in [-0.4, -0.2) is 64.1 Å². The van der Waals surface area contributed by atoms with E-state index in [9.17, 15) is 19.2 Å². The van der Waals surface area contributed by atoms with E-state index in [2.05, 4.69) is 10.6 Å². The zero-order valence-corrected chi connectivity index (χ0v) is 13.2. The lowest BCUT2D eigenvalue weighted by Gasteiger charge is -2.19. The largest absolute Gasteiger partial charge is 0.481 e. The van der Waals surface area contributed by atoms with Crippen molar-refractivity contribution in [2.75, 3.05) is 12.0 Å². The minimum absolute atomic E-state index is 0.443. The van der Waals surface area contributed by atoms with E-state index in [1.165, 1.54) is 18.7 Å². The number of carbonyl (C=O) groups is 4. The Bertz CT molecular complexity index is 431. The molecule has 0 aromatic carbocycles. The molecule has 22 heavy (non-hydrogen) atoms. The van der Waals surface area contributed by atoms with Crippen LogP contribution >= 0.6 is 11.8 Å². The standard InChI is InChI=1S/C12H21N3O6S/c1-6(14-11(19)7(13)3-4-22-2)10(18)15-8(12(20)21)5-9(16)17/h6-8H,3-5,13H2,1-2H3,(H,14,19)(H,15,18)(H,16,17)(H,20,21). The first-order valence-electron chi connectivity index (χ1n) is 6.48. The van der Waals surface area contributed by atoms with Crippen LogP contribution in [0.1, 0.15) is 19.8 Å². The van der Waals surface area contributed by atoms with Gasteiger partial charge in [0.25, 0.3) is 0 Å². The summed E-state index contributed by atoms with van der Waals surface area (Å²) in [6.45, 7) is 1.36. The van der Waals surface area contributed by atoms with Crippen LogP contribution in [-0.2, 0) is 19.2 Å². The Hall–Kier alpha value is -1.81. The quantitative estimate of drug-likeness (QED) is 0.326. The third kappa shape index (κ3) is 7.84. The lowest BCUT2D eigenvalue weighted by molar-refractivity contribution is -0.147. The molecule has 0 aromatic heterocycles. The molecule has 0 aromatic rings. The first-order chi connectivity index (χ1) is 10.2. The van der Waals surface area contributed by atoms with Gasteiger partial charge >= 0.3 is 11.9 Å². The highest BCUT2D eigenvalue weighted by Crippen LogP contribution is 2.00. The van der Waals surface area contributed by atoms with Crippen molar-refractivity contribution in [2.24, 2.45) is 5.73 Å². The van der Waals surface area contributed by atoms with Crippen LogP contribution in [0.2, 0.25) is 0 Å². The SMILES string of the molecule is CSCCC(N)C(=O)NC(C)C(=O)NC(CC(=O)O)C(=O)O. The molecule has 3 atom stereocenters. The van der Waals surface area contributed by atoms with Gasteiger partial charge in [-0.05, 0) is 25.4 Å². The maximum absolute atomic E-state index is 11.8. The fourth-order valence-corrected chi connectivity index (χ4v) is 1.92. The molecule has 0 aliphatic rings. The summed E-state index contributed by atoms with van der Waals surface area (Å²) in [6, 6.07) is -3.35. The first kappa shape index (κ1) is 20.2. The number of hydrogen-bond acceptors (Lipinski definition) is 6. The highest BCUT2D eigenvalue weighted by Gasteiger charge is 2.26. The zero-order valence-electron chi connectivity index (χ0n) is 12.4. The molecular weight excluding hydrogens is 314 g/mol. The maximum atomic E-state index is 11.8. The smallest absolute Gasteiger partial charge is 0.326 e. The molecule has 0 heterocycles. The van der Waals surface area contributed by atoms with Crippen molar-refractivity contribution >= 4 is 35.5 Å². The molecule has 6 N–H and O–H groups in total. The minimum atomic E-state index is -1.56. The average molecular weight is 335 g/mol. The van der Waals surface area contributed by atoms with E-state index >= 15 is 0 Å². The number of aliphatic carboxylic acids is 2. The molecule has 0 saturated carbocycles. The Balaban J connectivity index is 4.49. The summed E-state index contributed by atoms with van der Waals surface area (Å²) >= 11 is 1.53. The van der Waals surface area contributed by atoms with Crippen molar-refractivity contribution in [3.63, 3.8) is 0 Å². The summed E-state index contributed by atoms with van der Waals surface area (Å²) in [5.41, 5.74) is 5.64. The highest BCUT2D eigenvalue weighted by molar-refractivity contribution is 7.98. The van der Waals surface area contributed by atoms with Gasteiger partial charge < -0.3 is 26.6 Å². The molecule has 10 heteroatoms. The number of thioether (sulfide) groups is 1. The van der Waals surface area contributed by atoms with Crippen molar-refractivity contribution in [1.82, 2.24) is 10.6 Å². The van der Waals surface area contributed by atoms with Gasteiger partial charge in [0.1, 0.15) is 12.1 Å². The molecule has 0 aliphatic carbocycles. The summed E-state index contributed by atoms with van der Waals surface area (Å²) in [5.74, 6) is -3.45. The van der Waals surface area contributed by atoms with Crippen LogP contribution in [0.5, 0.6) is 0 Å². The number of carboxylic acid groups (broad SMARTS) is 2. The number of hydrogen-bond donors (Lipinski definition) is 5. The van der Waals surface area contributed by atoms with Crippen LogP contribution in [0.15, 0.2) is 0 Å². The second kappa shape index (κ2) is 10.0. The third-order valence-corrected chi connectivity index (χ3v) is 3.36. The summed E-state index contributed by atoms with van der Waals surface area (Å²) in [7, 11) is 0. The molecule has 2 amide bonds. The van der Waals surface area contributed by atoms with Crippen molar-refractivity contribution in [1.29, 1.82) is 0 Å². The number of nitrogens with one attached hydrogen (secondary N) is 2. The number of nitrogens with two attached hydrogens (primary N) is 1. The summed E-state index contributed by atoms with van der Waals surface area (Å²) in [4.78, 5) is 44.9. The van der Waals surface area contributed by atoms with Crippen LogP contribution in [0.25, 0.3) is 0 Å². The van der Waals surface area contributed by atoms with Crippen LogP contribution in [0.3, 0.4) is 0 Å². The Morgan fingerprint density at radius 3 is 2.18 bits per heavy atom. The van der Waals surface area contributed by atoms with Gasteiger partial charge in [0.2, 0.25) is 11.8 Å². The fraction of sp³-hybridized carbons (Fsp3) is 0.667. The third-order valence-electron chi connectivity index (χ3n) is 2.72. The summed E-state index contributed by atoms with van der Waals surface area (Å²) in [6.07, 6.45) is 1.56. The van der Waals surface area contributed by atoms with Gasteiger partial charge in [-0.25, -0.2) is 4.79 Å². The van der Waals surface area contributed by atoms with Gasteiger partial charge in [-0.2, -0.15) is 11.8 Å². The number of carbonyl (C=O) groups excluding carboxylic acids is 2. The fourth-order valence-electron chi connectivity index (χ4n) is 1.43. The van der Waals surface area contributed by atoms with Gasteiger partial charge in [0.05, 0.1) is 12.5 Å². The van der Waals surface area contributed by atoms with E-state index in [1.807, 2.05) is 6.26 Å². The second-order valence-corrected chi connectivity index (χ2v) is 5.60. The number of rotatable bonds is 10. The predicted octanol–water partition coefficient (Wildman–Crippen LogP) is -1.38. The predicted molar refractivity (Wildman–Crippen MR) is 80.4 cm³/mol. The van der Waals surface area contributed by atoms with Crippen molar-refractivity contribution in [3.8, 4) is 0 Å². The van der Waals surface area contributed by atoms with E-state index < -0.39 is 48.3 Å². The molecule has 9 nitrogen and oxygen atoms in total. The Morgan fingerprint density at radius 1 is 1.14 bits per heavy atom. The zero-order chi connectivity index (χ0) is 17.3. The average Bonchev–Trinajstić information content (AvgIpc) is 2.42. The Kier molecular flexibility index (Phi) is 9.18. The van der Waals surface area contributed by atoms with Crippen LogP contribution < -0.4 is 16.4 Å². The Morgan fingerprint density at radius 2 is 1.73 bits per heavy atom. The van der Waals surface area contributed by atoms with Gasteiger partial charge in [-0.15, -0.1) is 0 Å². The minimum Gasteiger partial charge on any atom is -0.481 e. The highest BCUT2D eigenvalue weighted by atomic mass is 32.2. The molecule has 0 rings (SSSR count). The van der Waals surface area contributed by atoms with Gasteiger partial charge in [0.15, 0.2) is 0 Å². The second-order valence-electron chi connectivity index (χ2n) is 4.62. The van der Waals surface area contributed by atoms with Crippen molar-refractivity contribution in [3.05, 3.63) is 0 Å². The van der Waals surface area contributed by atoms with E-state index in [1.54, 1.807) is 0 Å². The monoisotopic (exact) mass is 335 g/mol. The molecular formula is C12H21N3O6S. The van der Waals surface area contributed by atoms with E-state index in [-0.39, 0.29) is 0 Å². The first-order valence-corrected chi connectivity index (χ1v) is 7.88. The number of amides is 2. The lowest BCUT2D eigenvalue weighted by atomic mass is 10.1. The number of carboxylic acids is 2. The lowest BCUT2D eigenvalue weighted by Crippen LogP contribution is -2.53. The molecule has 0 spiro atoms. The molecule has 0 fully saturated rings. The normalized spacial score (nSPS) is 14.5. The molecule has 3 unspecified atom stereocenters. The van der Waals surface area contributed by atoms with Gasteiger partial charge in [-0.1, -0.05) is 0 Å². The molecule has 0 radical (unpaired) electrons. The van der Waals surface area contributed by atoms with E-state index in [4.69, 9.17) is 15.9 Å².